The van der Waals surface area contributed by atoms with E-state index >= 15 is 0 Å². The van der Waals surface area contributed by atoms with E-state index in [1.54, 1.807) is 12.1 Å². The number of anilines is 6. The zero-order valence-corrected chi connectivity index (χ0v) is 74.2. The maximum Gasteiger partial charge on any atom is 0.252 e. The van der Waals surface area contributed by atoms with Crippen LogP contribution in [0.4, 0.5) is 34.1 Å². The summed E-state index contributed by atoms with van der Waals surface area (Å²) in [4.78, 5) is 4.39. The van der Waals surface area contributed by atoms with Gasteiger partial charge in [-0.05, 0) is 205 Å². The number of rotatable bonds is 11. The highest BCUT2D eigenvalue weighted by Gasteiger charge is 2.47. The highest BCUT2D eigenvalue weighted by molar-refractivity contribution is 7.00. The van der Waals surface area contributed by atoms with E-state index in [2.05, 4.69) is 124 Å². The Kier molecular flexibility index (Phi) is 11.7. The van der Waals surface area contributed by atoms with Crippen LogP contribution in [0.5, 0.6) is 0 Å². The predicted molar refractivity (Wildman–Crippen MR) is 577 cm³/mol. The molecule has 9 heteroatoms. The van der Waals surface area contributed by atoms with Gasteiger partial charge in [0, 0.05) is 122 Å². The predicted octanol–water partition coefficient (Wildman–Crippen LogP) is 32.9. The Morgan fingerprint density at radius 2 is 0.547 bits per heavy atom. The number of aromatic nitrogens is 4. The number of hydrogen-bond acceptors (Lipinski definition) is 4. The number of para-hydroxylation sites is 8. The van der Waals surface area contributed by atoms with Crippen LogP contribution >= 0.6 is 0 Å². The lowest BCUT2D eigenvalue weighted by molar-refractivity contribution is 0.572. The molecule has 0 radical (unpaired) electrons. The van der Waals surface area contributed by atoms with Crippen molar-refractivity contribution in [1.29, 1.82) is 0 Å². The second-order valence-electron chi connectivity index (χ2n) is 37.1. The normalized spacial score (nSPS) is 15.9. The molecule has 2 aliphatic rings. The summed E-state index contributed by atoms with van der Waals surface area (Å²) in [6.07, 6.45) is 0. The summed E-state index contributed by atoms with van der Waals surface area (Å²) in [7, 11) is 0. The van der Waals surface area contributed by atoms with Gasteiger partial charge in [0.2, 0.25) is 0 Å². The molecule has 0 saturated heterocycles. The third-order valence-corrected chi connectivity index (χ3v) is 27.4. The minimum Gasteiger partial charge on any atom is -0.456 e. The molecule has 0 spiro atoms. The van der Waals surface area contributed by atoms with E-state index in [4.69, 9.17) is 14.3 Å². The summed E-state index contributed by atoms with van der Waals surface area (Å²) in [5, 5.41) is -0.517. The molecular formula is C128H89BN6O2. The van der Waals surface area contributed by atoms with Crippen molar-refractivity contribution in [2.45, 2.75) is 52.4 Å². The Bertz CT molecular complexity index is 10800. The van der Waals surface area contributed by atoms with Gasteiger partial charge < -0.3 is 36.9 Å². The van der Waals surface area contributed by atoms with Crippen LogP contribution < -0.4 is 26.2 Å². The van der Waals surface area contributed by atoms with E-state index in [1.807, 2.05) is 164 Å². The van der Waals surface area contributed by atoms with Crippen molar-refractivity contribution < 1.29 is 50.0 Å². The number of nitrogens with zero attached hydrogens (tertiary/aromatic N) is 6. The fraction of sp³-hybridized carbons (Fsp3) is 0.0625. The number of fused-ring (bicyclic) bond motifs is 22. The maximum absolute atomic E-state index is 11.0. The lowest BCUT2D eigenvalue weighted by Crippen LogP contribution is -2.61. The average Bonchev–Trinajstić information content (AvgIpc) is 1.64. The molecule has 0 N–H and O–H groups in total. The third-order valence-electron chi connectivity index (χ3n) is 27.4. The monoisotopic (exact) mass is 1780 g/mol. The van der Waals surface area contributed by atoms with Crippen LogP contribution in [0.25, 0.3) is 209 Å². The largest absolute Gasteiger partial charge is 0.456 e. The molecule has 28 rings (SSSR count). The molecule has 137 heavy (non-hydrogen) atoms. The van der Waals surface area contributed by atoms with Gasteiger partial charge in [0.05, 0.1) is 107 Å². The minimum absolute atomic E-state index is 0.0547. The lowest BCUT2D eigenvalue weighted by atomic mass is 9.33. The van der Waals surface area contributed by atoms with Gasteiger partial charge in [-0.3, -0.25) is 0 Å². The van der Waals surface area contributed by atoms with E-state index in [-0.39, 0.29) is 55.0 Å². The van der Waals surface area contributed by atoms with Gasteiger partial charge in [0.25, 0.3) is 6.71 Å². The van der Waals surface area contributed by atoms with Crippen LogP contribution in [0.1, 0.15) is 93.8 Å². The van der Waals surface area contributed by atoms with E-state index < -0.39 is 254 Å². The molecule has 0 bridgehead atoms. The zero-order valence-electron chi connectivity index (χ0n) is 104. The highest BCUT2D eigenvalue weighted by Crippen LogP contribution is 2.58. The summed E-state index contributed by atoms with van der Waals surface area (Å²) in [5.74, 6) is 0. The summed E-state index contributed by atoms with van der Waals surface area (Å²) >= 11 is 0. The van der Waals surface area contributed by atoms with Gasteiger partial charge in [-0.25, -0.2) is 0 Å². The van der Waals surface area contributed by atoms with Gasteiger partial charge in [-0.2, -0.15) is 0 Å². The third kappa shape index (κ3) is 11.8. The van der Waals surface area contributed by atoms with Gasteiger partial charge >= 0.3 is 0 Å². The van der Waals surface area contributed by atoms with E-state index in [1.165, 1.54) is 9.13 Å². The highest BCUT2D eigenvalue weighted by atomic mass is 16.3. The molecule has 0 saturated carbocycles. The average molecular weight is 1780 g/mol. The Labute approximate surface area is 834 Å². The minimum atomic E-state index is -1.11. The Morgan fingerprint density at radius 3 is 0.905 bits per heavy atom. The van der Waals surface area contributed by atoms with Crippen LogP contribution in [0.2, 0.25) is 0 Å². The fourth-order valence-electron chi connectivity index (χ4n) is 21.3. The molecule has 8 nitrogen and oxygen atoms in total. The molecule has 0 fully saturated rings. The van der Waals surface area contributed by atoms with Crippen LogP contribution in [0.3, 0.4) is 0 Å². The summed E-state index contributed by atoms with van der Waals surface area (Å²) < 4.78 is 315. The molecule has 20 aromatic carbocycles. The van der Waals surface area contributed by atoms with Crippen LogP contribution in [-0.4, -0.2) is 25.0 Å². The molecule has 0 unspecified atom stereocenters. The Morgan fingerprint density at radius 1 is 0.248 bits per heavy atom. The standard InChI is InChI=1S/C128H89BN6O2/c1-127(2,3)102-76-98(83-58-54-81(55-59-83)78-32-10-7-11-33-78)123(120-96-44-22-30-52-118(96)136-125(102)120)134-114-74-88(132-110-50-28-20-42-94(110)100-72-86(64-68-112(100)132)130-106-46-24-16-38-90(106)91-39-17-25-47-107(91)130)62-66-104(114)129-105-67-63-89(133-111-51-29-21-43-95(111)101-73-87(65-69-113(101)133)131-108-48-26-18-40-92(108)93-41-19-27-49-109(93)131)75-115(105)135(117-71-85(70-116(134)122(117)129)80-36-14-9-15-37-80)124-99(84-60-56-82(57-61-84)79-34-12-8-13-35-79)77-103(128(4,5)6)126-121(124)97-45-23-31-53-119(97)137-126/h7-77H,1-6H3/i16D,17D,18D,19D,20D,21D,24D,25D,26D,27D,28D,29D,38D,39D,40D,41D,42D,43D,46D,47D,48D,49D,50D,51D,64D,65D,68D,69D,72D,73D. The molecule has 646 valence electrons. The van der Waals surface area contributed by atoms with E-state index in [9.17, 15) is 35.6 Å². The van der Waals surface area contributed by atoms with Crippen LogP contribution in [-0.2, 0) is 10.8 Å². The molecule has 8 heterocycles. The molecule has 0 aliphatic carbocycles. The molecule has 0 amide bonds. The van der Waals surface area contributed by atoms with Gasteiger partial charge in [-0.15, -0.1) is 0 Å². The first-order chi connectivity index (χ1) is 79.7. The second-order valence-corrected chi connectivity index (χ2v) is 37.1. The Balaban J connectivity index is 0.823. The molecule has 26 aromatic rings. The van der Waals surface area contributed by atoms with Crippen molar-refractivity contribution in [1.82, 2.24) is 18.3 Å². The SMILES string of the molecule is [2H]c1c([2H])c([2H])c2c(c1[2H])c1c([2H])c(-n3c4c([2H])c([2H])c([2H])c([2H])c4c4c([2H])c([2H])c([2H])c([2H])c43)c([2H])c([2H])c1n2-c1ccc2c(c1)N(c1c(-c3ccc(-c4ccccc4)cc3)cc(C(C)(C)C)c3oc4ccccc4c13)c1cc(-c3ccccc3)cc3c1B2c1ccc(-n2c4c([2H])c([2H])c([2H])c([2H])c4c4c([2H])c(-n5c6c([2H])c([2H])c([2H])c([2H])c6c6c([2H])c([2H])c([2H])c([2H])c65)c([2H])c([2H])c42)cc1N3c1c(-c2ccc(-c3ccccc3)cc2)cc(C(C)(C)C)c2oc3ccccc3c12. The number of furan rings is 2. The van der Waals surface area contributed by atoms with Gasteiger partial charge in [0.1, 0.15) is 22.3 Å². The van der Waals surface area contributed by atoms with Crippen molar-refractivity contribution in [2.75, 3.05) is 9.80 Å². The molecular weight excluding hydrogens is 1660 g/mol. The number of benzene rings is 20. The van der Waals surface area contributed by atoms with Crippen molar-refractivity contribution in [3.63, 3.8) is 0 Å². The van der Waals surface area contributed by atoms with E-state index in [0.29, 0.717) is 128 Å². The molecule has 2 aliphatic heterocycles. The van der Waals surface area contributed by atoms with Crippen molar-refractivity contribution >= 4 is 188 Å². The van der Waals surface area contributed by atoms with Crippen molar-refractivity contribution in [3.05, 3.63) is 441 Å². The lowest BCUT2D eigenvalue weighted by Gasteiger charge is -2.46. The molecule has 0 atom stereocenters. The summed E-state index contributed by atoms with van der Waals surface area (Å²) in [5.41, 5.74) is 9.67. The maximum atomic E-state index is 11.0. The number of hydrogen-bond donors (Lipinski definition) is 0. The topological polar surface area (TPSA) is 52.5 Å². The Hall–Kier alpha value is -17.1. The summed E-state index contributed by atoms with van der Waals surface area (Å²) in [6, 6.07) is 58.2. The van der Waals surface area contributed by atoms with Gasteiger partial charge in [-0.1, -0.05) is 338 Å². The first-order valence-electron chi connectivity index (χ1n) is 60.3. The van der Waals surface area contributed by atoms with Crippen molar-refractivity contribution in [3.8, 4) is 78.4 Å². The first-order valence-corrected chi connectivity index (χ1v) is 45.3. The first kappa shape index (κ1) is 54.1. The van der Waals surface area contributed by atoms with Crippen molar-refractivity contribution in [2.24, 2.45) is 0 Å². The second kappa shape index (κ2) is 29.7. The quantitative estimate of drug-likeness (QED) is 0.121. The molecule has 6 aromatic heterocycles. The smallest absolute Gasteiger partial charge is 0.252 e. The van der Waals surface area contributed by atoms with Crippen LogP contribution in [0, 0.1) is 0 Å². The van der Waals surface area contributed by atoms with Crippen LogP contribution in [0.15, 0.2) is 439 Å². The summed E-state index contributed by atoms with van der Waals surface area (Å²) in [6.45, 7) is 11.6. The fourth-order valence-corrected chi connectivity index (χ4v) is 21.3. The van der Waals surface area contributed by atoms with Gasteiger partial charge in [0.15, 0.2) is 0 Å². The zero-order chi connectivity index (χ0) is 117. The van der Waals surface area contributed by atoms with E-state index in [0.717, 1.165) is 42.5 Å².